The zero-order valence-electron chi connectivity index (χ0n) is 17.8. The summed E-state index contributed by atoms with van der Waals surface area (Å²) in [7, 11) is 1.66. The SMILES string of the molecule is CN=C(NCc1cccc(OC(F)F)c1)NCC(c1ccc(F)cc1)N1CCOCC1.I. The number of nitrogens with zero attached hydrogens (tertiary/aromatic N) is 2. The normalized spacial score (nSPS) is 15.7. The van der Waals surface area contributed by atoms with E-state index in [1.54, 1.807) is 31.3 Å². The molecule has 1 atom stereocenters. The van der Waals surface area contributed by atoms with Gasteiger partial charge in [-0.2, -0.15) is 8.78 Å². The number of morpholine rings is 1. The van der Waals surface area contributed by atoms with Crippen molar-refractivity contribution in [1.29, 1.82) is 0 Å². The maximum atomic E-state index is 13.4. The fourth-order valence-electron chi connectivity index (χ4n) is 3.46. The minimum absolute atomic E-state index is 0. The molecule has 1 fully saturated rings. The summed E-state index contributed by atoms with van der Waals surface area (Å²) in [5.74, 6) is 0.412. The molecule has 2 aromatic rings. The molecule has 1 aliphatic rings. The van der Waals surface area contributed by atoms with Crippen LogP contribution in [0.3, 0.4) is 0 Å². The Labute approximate surface area is 203 Å². The summed E-state index contributed by atoms with van der Waals surface area (Å²) in [5.41, 5.74) is 1.78. The van der Waals surface area contributed by atoms with E-state index in [0.717, 1.165) is 24.2 Å². The van der Waals surface area contributed by atoms with E-state index in [4.69, 9.17) is 4.74 Å². The third kappa shape index (κ3) is 8.14. The van der Waals surface area contributed by atoms with Crippen LogP contribution in [0.25, 0.3) is 0 Å². The Morgan fingerprint density at radius 3 is 2.50 bits per heavy atom. The van der Waals surface area contributed by atoms with Gasteiger partial charge in [0.2, 0.25) is 0 Å². The van der Waals surface area contributed by atoms with Gasteiger partial charge < -0.3 is 20.1 Å². The largest absolute Gasteiger partial charge is 0.435 e. The molecule has 2 aromatic carbocycles. The second kappa shape index (κ2) is 13.5. The molecule has 0 saturated carbocycles. The molecule has 0 amide bonds. The number of aliphatic imine (C=N–C) groups is 1. The van der Waals surface area contributed by atoms with Crippen LogP contribution in [0.4, 0.5) is 13.2 Å². The second-order valence-corrected chi connectivity index (χ2v) is 7.05. The van der Waals surface area contributed by atoms with Crippen LogP contribution in [-0.2, 0) is 11.3 Å². The summed E-state index contributed by atoms with van der Waals surface area (Å²) in [4.78, 5) is 6.53. The van der Waals surface area contributed by atoms with Gasteiger partial charge in [0, 0.05) is 33.2 Å². The molecule has 0 bridgehead atoms. The highest BCUT2D eigenvalue weighted by molar-refractivity contribution is 14.0. The molecular weight excluding hydrogens is 536 g/mol. The topological polar surface area (TPSA) is 58.1 Å². The zero-order valence-corrected chi connectivity index (χ0v) is 20.1. The molecule has 32 heavy (non-hydrogen) atoms. The summed E-state index contributed by atoms with van der Waals surface area (Å²) in [6.45, 7) is 0.961. The predicted molar refractivity (Wildman–Crippen MR) is 128 cm³/mol. The van der Waals surface area contributed by atoms with E-state index < -0.39 is 6.61 Å². The van der Waals surface area contributed by atoms with Gasteiger partial charge in [0.25, 0.3) is 0 Å². The highest BCUT2D eigenvalue weighted by atomic mass is 127. The van der Waals surface area contributed by atoms with Gasteiger partial charge in [-0.15, -0.1) is 24.0 Å². The first-order valence-corrected chi connectivity index (χ1v) is 10.1. The summed E-state index contributed by atoms with van der Waals surface area (Å²) in [6.07, 6.45) is 0. The van der Waals surface area contributed by atoms with Gasteiger partial charge in [-0.1, -0.05) is 24.3 Å². The third-order valence-corrected chi connectivity index (χ3v) is 5.01. The van der Waals surface area contributed by atoms with Crippen molar-refractivity contribution in [3.63, 3.8) is 0 Å². The number of hydrogen-bond donors (Lipinski definition) is 2. The van der Waals surface area contributed by atoms with E-state index in [9.17, 15) is 13.2 Å². The third-order valence-electron chi connectivity index (χ3n) is 5.01. The fraction of sp³-hybridized carbons (Fsp3) is 0.409. The van der Waals surface area contributed by atoms with Gasteiger partial charge in [0.1, 0.15) is 11.6 Å². The molecule has 1 saturated heterocycles. The Kier molecular flexibility index (Phi) is 11.0. The summed E-state index contributed by atoms with van der Waals surface area (Å²) in [5, 5.41) is 6.49. The Morgan fingerprint density at radius 1 is 1.12 bits per heavy atom. The number of guanidine groups is 1. The van der Waals surface area contributed by atoms with Crippen LogP contribution in [0.5, 0.6) is 5.75 Å². The lowest BCUT2D eigenvalue weighted by molar-refractivity contribution is -0.0498. The van der Waals surface area contributed by atoms with Crippen LogP contribution >= 0.6 is 24.0 Å². The van der Waals surface area contributed by atoms with Crippen LogP contribution < -0.4 is 15.4 Å². The van der Waals surface area contributed by atoms with Crippen molar-refractivity contribution in [2.75, 3.05) is 39.9 Å². The molecule has 10 heteroatoms. The van der Waals surface area contributed by atoms with Gasteiger partial charge in [0.05, 0.1) is 19.3 Å². The standard InChI is InChI=1S/C22H27F3N4O2.HI/c1-26-22(27-14-16-3-2-4-19(13-16)31-21(24)25)28-15-20(29-9-11-30-12-10-29)17-5-7-18(23)8-6-17;/h2-8,13,20-21H,9-12,14-15H2,1H3,(H2,26,27,28);1H. The predicted octanol–water partition coefficient (Wildman–Crippen LogP) is 3.78. The van der Waals surface area contributed by atoms with Crippen molar-refractivity contribution in [3.05, 3.63) is 65.5 Å². The number of hydrogen-bond acceptors (Lipinski definition) is 4. The first-order valence-electron chi connectivity index (χ1n) is 10.1. The lowest BCUT2D eigenvalue weighted by atomic mass is 10.0. The van der Waals surface area contributed by atoms with E-state index in [0.29, 0.717) is 32.3 Å². The van der Waals surface area contributed by atoms with Crippen molar-refractivity contribution in [3.8, 4) is 5.75 Å². The minimum atomic E-state index is -2.86. The fourth-order valence-corrected chi connectivity index (χ4v) is 3.46. The van der Waals surface area contributed by atoms with Crippen molar-refractivity contribution in [2.24, 2.45) is 4.99 Å². The van der Waals surface area contributed by atoms with Crippen LogP contribution in [0.1, 0.15) is 17.2 Å². The average molecular weight is 564 g/mol. The average Bonchev–Trinajstić information content (AvgIpc) is 2.77. The lowest BCUT2D eigenvalue weighted by Crippen LogP contribution is -2.46. The van der Waals surface area contributed by atoms with Crippen LogP contribution in [0, 0.1) is 5.82 Å². The number of alkyl halides is 2. The Morgan fingerprint density at radius 2 is 1.84 bits per heavy atom. The first-order chi connectivity index (χ1) is 15.0. The number of halogens is 4. The Hall–Kier alpha value is -2.05. The number of rotatable bonds is 8. The van der Waals surface area contributed by atoms with Gasteiger partial charge in [0.15, 0.2) is 5.96 Å². The maximum Gasteiger partial charge on any atom is 0.387 e. The molecule has 6 nitrogen and oxygen atoms in total. The minimum Gasteiger partial charge on any atom is -0.435 e. The number of benzene rings is 2. The van der Waals surface area contributed by atoms with Crippen molar-refractivity contribution in [2.45, 2.75) is 19.2 Å². The van der Waals surface area contributed by atoms with Crippen LogP contribution in [0.15, 0.2) is 53.5 Å². The number of nitrogens with one attached hydrogen (secondary N) is 2. The smallest absolute Gasteiger partial charge is 0.387 e. The first kappa shape index (κ1) is 26.2. The molecule has 3 rings (SSSR count). The highest BCUT2D eigenvalue weighted by Crippen LogP contribution is 2.22. The quantitative estimate of drug-likeness (QED) is 0.291. The van der Waals surface area contributed by atoms with Gasteiger partial charge in [-0.25, -0.2) is 4.39 Å². The van der Waals surface area contributed by atoms with E-state index in [1.165, 1.54) is 18.2 Å². The maximum absolute atomic E-state index is 13.4. The van der Waals surface area contributed by atoms with Crippen molar-refractivity contribution in [1.82, 2.24) is 15.5 Å². The van der Waals surface area contributed by atoms with Gasteiger partial charge >= 0.3 is 6.61 Å². The Balaban J connectivity index is 0.00000363. The molecule has 0 radical (unpaired) electrons. The number of ether oxygens (including phenoxy) is 2. The van der Waals surface area contributed by atoms with E-state index in [1.807, 2.05) is 6.07 Å². The van der Waals surface area contributed by atoms with E-state index in [-0.39, 0.29) is 41.6 Å². The van der Waals surface area contributed by atoms with Crippen LogP contribution in [-0.4, -0.2) is 57.4 Å². The monoisotopic (exact) mass is 564 g/mol. The molecule has 176 valence electrons. The summed E-state index contributed by atoms with van der Waals surface area (Å²) in [6, 6.07) is 13.0. The van der Waals surface area contributed by atoms with E-state index >= 15 is 0 Å². The molecule has 1 aliphatic heterocycles. The summed E-state index contributed by atoms with van der Waals surface area (Å²) >= 11 is 0. The molecule has 2 N–H and O–H groups in total. The zero-order chi connectivity index (χ0) is 22.1. The summed E-state index contributed by atoms with van der Waals surface area (Å²) < 4.78 is 48.1. The second-order valence-electron chi connectivity index (χ2n) is 7.05. The molecular formula is C22H28F3IN4O2. The van der Waals surface area contributed by atoms with Gasteiger partial charge in [-0.05, 0) is 35.4 Å². The van der Waals surface area contributed by atoms with Gasteiger partial charge in [-0.3, -0.25) is 9.89 Å². The van der Waals surface area contributed by atoms with Crippen molar-refractivity contribution >= 4 is 29.9 Å². The lowest BCUT2D eigenvalue weighted by Gasteiger charge is -2.35. The van der Waals surface area contributed by atoms with Crippen molar-refractivity contribution < 1.29 is 22.6 Å². The molecule has 1 heterocycles. The van der Waals surface area contributed by atoms with Crippen LogP contribution in [0.2, 0.25) is 0 Å². The molecule has 0 spiro atoms. The molecule has 0 aliphatic carbocycles. The molecule has 0 aromatic heterocycles. The highest BCUT2D eigenvalue weighted by Gasteiger charge is 2.23. The van der Waals surface area contributed by atoms with E-state index in [2.05, 4.69) is 25.3 Å². The Bertz CT molecular complexity index is 849. The molecule has 1 unspecified atom stereocenters.